The van der Waals surface area contributed by atoms with Gasteiger partial charge in [-0.15, -0.1) is 0 Å². The number of amides is 3. The molecule has 2 aliphatic heterocycles. The molecule has 1 unspecified atom stereocenters. The second-order valence-corrected chi connectivity index (χ2v) is 15.1. The minimum atomic E-state index is -4.68. The van der Waals surface area contributed by atoms with Crippen molar-refractivity contribution in [2.45, 2.75) is 62.7 Å². The fraction of sp³-hybridized carbons (Fsp3) is 0.421. The van der Waals surface area contributed by atoms with Gasteiger partial charge in [-0.3, -0.25) is 33.5 Å². The van der Waals surface area contributed by atoms with Gasteiger partial charge in [-0.2, -0.15) is 18.3 Å². The smallest absolute Gasteiger partial charge is 0.433 e. The Morgan fingerprint density at radius 1 is 1.07 bits per heavy atom. The number of imide groups is 1. The van der Waals surface area contributed by atoms with E-state index in [1.807, 2.05) is 23.0 Å². The van der Waals surface area contributed by atoms with E-state index in [0.717, 1.165) is 73.9 Å². The molecule has 0 bridgehead atoms. The van der Waals surface area contributed by atoms with Crippen LogP contribution in [0.1, 0.15) is 78.3 Å². The number of aryl methyl sites for hydroxylation is 1. The Balaban J connectivity index is 0.900. The number of likely N-dealkylation sites (tertiary alicyclic amines) is 1. The molecule has 1 aliphatic carbocycles. The normalized spacial score (nSPS) is 21.2. The van der Waals surface area contributed by atoms with Gasteiger partial charge in [-0.05, 0) is 93.4 Å². The molecule has 0 spiro atoms. The highest BCUT2D eigenvalue weighted by molar-refractivity contribution is 6.34. The molecule has 288 valence electrons. The second kappa shape index (κ2) is 14.1. The van der Waals surface area contributed by atoms with Crippen molar-refractivity contribution >= 4 is 56.9 Å². The molecule has 0 radical (unpaired) electrons. The summed E-state index contributed by atoms with van der Waals surface area (Å²) in [6.07, 6.45) is 1.28. The minimum absolute atomic E-state index is 0.145. The zero-order valence-electron chi connectivity index (χ0n) is 30.0. The van der Waals surface area contributed by atoms with Crippen molar-refractivity contribution in [3.05, 3.63) is 81.1 Å². The predicted molar refractivity (Wildman–Crippen MR) is 197 cm³/mol. The molecule has 1 saturated carbocycles. The van der Waals surface area contributed by atoms with E-state index in [-0.39, 0.29) is 52.8 Å². The average Bonchev–Trinajstić information content (AvgIpc) is 3.65. The summed E-state index contributed by atoms with van der Waals surface area (Å²) in [5.74, 6) is -0.274. The van der Waals surface area contributed by atoms with Gasteiger partial charge >= 0.3 is 11.9 Å². The highest BCUT2D eigenvalue weighted by atomic mass is 35.5. The van der Waals surface area contributed by atoms with E-state index < -0.39 is 29.7 Å². The number of alkyl halides is 3. The van der Waals surface area contributed by atoms with Gasteiger partial charge in [0.1, 0.15) is 23.2 Å². The number of hydrogen-bond donors (Lipinski definition) is 2. The number of methoxy groups -OCH3 is 1. The Labute approximate surface area is 317 Å². The Kier molecular flexibility index (Phi) is 9.44. The largest absolute Gasteiger partial charge is 0.496 e. The number of hydrogen-bond acceptors (Lipinski definition) is 8. The van der Waals surface area contributed by atoms with Crippen LogP contribution in [0, 0.1) is 5.92 Å². The van der Waals surface area contributed by atoms with Crippen molar-refractivity contribution in [2.75, 3.05) is 32.1 Å². The molecule has 17 heteroatoms. The number of pyridine rings is 1. The molecule has 8 rings (SSSR count). The van der Waals surface area contributed by atoms with Crippen LogP contribution in [0.15, 0.2) is 53.5 Å². The van der Waals surface area contributed by atoms with E-state index >= 15 is 0 Å². The number of anilines is 1. The predicted octanol–water partition coefficient (Wildman–Crippen LogP) is 5.83. The van der Waals surface area contributed by atoms with Crippen molar-refractivity contribution < 1.29 is 32.3 Å². The van der Waals surface area contributed by atoms with Crippen LogP contribution < -0.4 is 21.1 Å². The number of carbonyl (C=O) groups is 3. The average molecular weight is 779 g/mol. The van der Waals surface area contributed by atoms with Crippen LogP contribution in [0.2, 0.25) is 5.02 Å². The fourth-order valence-electron chi connectivity index (χ4n) is 8.38. The first kappa shape index (κ1) is 36.7. The van der Waals surface area contributed by atoms with Gasteiger partial charge in [-0.25, -0.2) is 9.78 Å². The second-order valence-electron chi connectivity index (χ2n) is 14.7. The third kappa shape index (κ3) is 6.86. The van der Waals surface area contributed by atoms with Crippen LogP contribution in [0.3, 0.4) is 0 Å². The Hall–Kier alpha value is -5.22. The summed E-state index contributed by atoms with van der Waals surface area (Å²) in [5, 5.41) is 10.6. The quantitative estimate of drug-likeness (QED) is 0.188. The topological polar surface area (TPSA) is 145 Å². The van der Waals surface area contributed by atoms with Gasteiger partial charge in [-0.1, -0.05) is 17.7 Å². The lowest BCUT2D eigenvalue weighted by Crippen LogP contribution is -2.44. The summed E-state index contributed by atoms with van der Waals surface area (Å²) in [5.41, 5.74) is 1.43. The van der Waals surface area contributed by atoms with Gasteiger partial charge < -0.3 is 15.0 Å². The van der Waals surface area contributed by atoms with Crippen LogP contribution in [-0.2, 0) is 22.8 Å². The molecule has 3 aromatic heterocycles. The number of ether oxygens (including phenoxy) is 1. The van der Waals surface area contributed by atoms with Crippen LogP contribution in [0.5, 0.6) is 5.75 Å². The fourth-order valence-corrected chi connectivity index (χ4v) is 8.58. The van der Waals surface area contributed by atoms with E-state index in [2.05, 4.69) is 20.5 Å². The highest BCUT2D eigenvalue weighted by Crippen LogP contribution is 2.43. The standard InChI is InChI=1S/C38H38ClF3N8O5/c1-47-34-28(50(37(47)54)29-7-9-32(51)45-36(29)53)6-8-30(55-2)33(34)21-10-12-48(13-11-21)18-20-14-23(15-20)49-19-22-16-27(24(39)17-26(22)46-49)44-35(52)25-4-3-5-31(43-25)38(40,41)42/h3-6,8,16-17,19-21,23,29H,7,9-15,18H2,1-2H3,(H,44,52)(H,45,51,53). The minimum Gasteiger partial charge on any atom is -0.496 e. The van der Waals surface area contributed by atoms with Gasteiger partial charge in [0, 0.05) is 37.2 Å². The maximum Gasteiger partial charge on any atom is 0.433 e. The first-order chi connectivity index (χ1) is 26.3. The van der Waals surface area contributed by atoms with Crippen LogP contribution in [0.4, 0.5) is 18.9 Å². The van der Waals surface area contributed by atoms with Gasteiger partial charge in [0.05, 0.1) is 40.4 Å². The number of piperidine rings is 2. The summed E-state index contributed by atoms with van der Waals surface area (Å²) < 4.78 is 50.2. The molecule has 2 saturated heterocycles. The SMILES string of the molecule is COc1ccc2c(c1C1CCN(CC3CC(n4cc5cc(NC(=O)c6cccc(C(F)(F)F)n6)c(Cl)cc5n4)C3)CC1)n(C)c(=O)n2C1CCC(=O)NC1=O. The lowest BCUT2D eigenvalue weighted by Gasteiger charge is -2.41. The number of halogens is 4. The molecular formula is C38H38ClF3N8O5. The number of rotatable bonds is 8. The van der Waals surface area contributed by atoms with Crippen molar-refractivity contribution in [1.29, 1.82) is 0 Å². The van der Waals surface area contributed by atoms with Crippen molar-refractivity contribution in [2.24, 2.45) is 13.0 Å². The van der Waals surface area contributed by atoms with E-state index in [0.29, 0.717) is 22.7 Å². The highest BCUT2D eigenvalue weighted by Gasteiger charge is 2.37. The van der Waals surface area contributed by atoms with Crippen LogP contribution in [-0.4, -0.2) is 73.3 Å². The molecule has 5 heterocycles. The number of fused-ring (bicyclic) bond motifs is 2. The van der Waals surface area contributed by atoms with E-state index in [4.69, 9.17) is 21.4 Å². The number of nitrogens with one attached hydrogen (secondary N) is 2. The van der Waals surface area contributed by atoms with Gasteiger partial charge in [0.2, 0.25) is 11.8 Å². The van der Waals surface area contributed by atoms with Crippen LogP contribution in [0.25, 0.3) is 21.9 Å². The number of carbonyl (C=O) groups excluding carboxylic acids is 3. The maximum absolute atomic E-state index is 13.5. The van der Waals surface area contributed by atoms with Crippen molar-refractivity contribution in [3.8, 4) is 5.75 Å². The summed E-state index contributed by atoms with van der Waals surface area (Å²) in [7, 11) is 3.34. The summed E-state index contributed by atoms with van der Waals surface area (Å²) in [6.45, 7) is 2.70. The monoisotopic (exact) mass is 778 g/mol. The Morgan fingerprint density at radius 3 is 2.55 bits per heavy atom. The lowest BCUT2D eigenvalue weighted by molar-refractivity contribution is -0.141. The Bertz CT molecular complexity index is 2410. The van der Waals surface area contributed by atoms with E-state index in [9.17, 15) is 32.3 Å². The number of imidazole rings is 1. The molecule has 2 N–H and O–H groups in total. The van der Waals surface area contributed by atoms with Crippen LogP contribution >= 0.6 is 11.6 Å². The van der Waals surface area contributed by atoms with Crippen molar-refractivity contribution in [3.63, 3.8) is 0 Å². The lowest BCUT2D eigenvalue weighted by atomic mass is 9.79. The zero-order chi connectivity index (χ0) is 38.8. The third-order valence-corrected chi connectivity index (χ3v) is 11.5. The molecule has 3 aliphatic rings. The first-order valence-electron chi connectivity index (χ1n) is 18.2. The summed E-state index contributed by atoms with van der Waals surface area (Å²) >= 11 is 6.44. The van der Waals surface area contributed by atoms with E-state index in [1.54, 1.807) is 30.9 Å². The molecule has 2 aromatic carbocycles. The Morgan fingerprint density at radius 2 is 1.84 bits per heavy atom. The molecule has 1 atom stereocenters. The van der Waals surface area contributed by atoms with Gasteiger partial charge in [0.25, 0.3) is 5.91 Å². The molecule has 3 fully saturated rings. The maximum atomic E-state index is 13.5. The van der Waals surface area contributed by atoms with Gasteiger partial charge in [0.15, 0.2) is 0 Å². The molecule has 55 heavy (non-hydrogen) atoms. The van der Waals surface area contributed by atoms with E-state index in [1.165, 1.54) is 10.6 Å². The van der Waals surface area contributed by atoms with Crippen molar-refractivity contribution in [1.82, 2.24) is 34.1 Å². The summed E-state index contributed by atoms with van der Waals surface area (Å²) in [4.78, 5) is 56.8. The zero-order valence-corrected chi connectivity index (χ0v) is 30.8. The molecular weight excluding hydrogens is 741 g/mol. The molecule has 13 nitrogen and oxygen atoms in total. The molecule has 5 aromatic rings. The summed E-state index contributed by atoms with van der Waals surface area (Å²) in [6, 6.07) is 9.54. The first-order valence-corrected chi connectivity index (χ1v) is 18.5. The molecule has 3 amide bonds. The number of benzene rings is 2. The number of nitrogens with zero attached hydrogens (tertiary/aromatic N) is 6. The number of aromatic nitrogens is 5. The third-order valence-electron chi connectivity index (χ3n) is 11.2.